The van der Waals surface area contributed by atoms with E-state index >= 15 is 0 Å². The minimum absolute atomic E-state index is 0.707. The molecule has 0 saturated heterocycles. The van der Waals surface area contributed by atoms with Crippen molar-refractivity contribution in [3.05, 3.63) is 35.4 Å². The maximum absolute atomic E-state index is 13.3. The number of aryl methyl sites for hydroxylation is 1. The van der Waals surface area contributed by atoms with Crippen LogP contribution in [0.5, 0.6) is 0 Å². The molecule has 2 aliphatic rings. The maximum Gasteiger partial charge on any atom is 0.159 e. The number of unbranched alkanes of at least 4 members (excludes halogenated alkanes) is 2. The van der Waals surface area contributed by atoms with Gasteiger partial charge < -0.3 is 0 Å². The average molecular weight is 377 g/mol. The van der Waals surface area contributed by atoms with Gasteiger partial charge in [-0.3, -0.25) is 0 Å². The second-order valence-corrected chi connectivity index (χ2v) is 9.34. The van der Waals surface area contributed by atoms with Gasteiger partial charge in [-0.2, -0.15) is 0 Å². The van der Waals surface area contributed by atoms with Gasteiger partial charge >= 0.3 is 0 Å². The second-order valence-electron chi connectivity index (χ2n) is 9.34. The summed E-state index contributed by atoms with van der Waals surface area (Å²) in [5.74, 6) is 2.29. The minimum Gasteiger partial charge on any atom is -0.204 e. The van der Waals surface area contributed by atoms with Gasteiger partial charge in [-0.15, -0.1) is 0 Å². The normalized spacial score (nSPS) is 29.0. The predicted molar refractivity (Wildman–Crippen MR) is 110 cm³/mol. The Balaban J connectivity index is 1.34. The molecule has 0 amide bonds. The van der Waals surface area contributed by atoms with Gasteiger partial charge in [-0.1, -0.05) is 64.4 Å². The first kappa shape index (κ1) is 20.8. The molecule has 0 aromatic heterocycles. The van der Waals surface area contributed by atoms with Crippen molar-refractivity contribution >= 4 is 0 Å². The summed E-state index contributed by atoms with van der Waals surface area (Å²) < 4.78 is 26.4. The standard InChI is InChI=1S/C25H38F2/c1-2-3-4-5-19-8-13-22(14-9-19)23-15-10-20(11-16-23)6-7-21-12-17-24(26)25(27)18-21/h12,17-20,22-23H,2-11,13-16H2,1H3/t19-,20-,22-,23-. The molecule has 2 fully saturated rings. The van der Waals surface area contributed by atoms with Crippen molar-refractivity contribution in [2.75, 3.05) is 0 Å². The lowest BCUT2D eigenvalue weighted by Gasteiger charge is -2.38. The van der Waals surface area contributed by atoms with Crippen LogP contribution in [0.3, 0.4) is 0 Å². The summed E-state index contributed by atoms with van der Waals surface area (Å²) in [4.78, 5) is 0. The van der Waals surface area contributed by atoms with Crippen LogP contribution in [-0.2, 0) is 6.42 Å². The van der Waals surface area contributed by atoms with Gasteiger partial charge in [0.05, 0.1) is 0 Å². The van der Waals surface area contributed by atoms with E-state index in [9.17, 15) is 8.78 Å². The van der Waals surface area contributed by atoms with Crippen LogP contribution in [0, 0.1) is 35.3 Å². The zero-order valence-corrected chi connectivity index (χ0v) is 17.2. The van der Waals surface area contributed by atoms with Crippen molar-refractivity contribution in [1.29, 1.82) is 0 Å². The molecule has 0 atom stereocenters. The van der Waals surface area contributed by atoms with Gasteiger partial charge in [-0.05, 0) is 79.9 Å². The van der Waals surface area contributed by atoms with Crippen molar-refractivity contribution in [2.45, 2.75) is 96.8 Å². The lowest BCUT2D eigenvalue weighted by molar-refractivity contribution is 0.140. The van der Waals surface area contributed by atoms with Gasteiger partial charge in [-0.25, -0.2) is 8.78 Å². The Bertz CT molecular complexity index is 551. The Morgan fingerprint density at radius 3 is 1.89 bits per heavy atom. The summed E-state index contributed by atoms with van der Waals surface area (Å²) >= 11 is 0. The molecule has 0 radical (unpaired) electrons. The van der Waals surface area contributed by atoms with Crippen LogP contribution in [0.25, 0.3) is 0 Å². The number of halogens is 2. The highest BCUT2D eigenvalue weighted by Gasteiger charge is 2.30. The highest BCUT2D eigenvalue weighted by atomic mass is 19.2. The Hall–Kier alpha value is -0.920. The summed E-state index contributed by atoms with van der Waals surface area (Å²) in [6.45, 7) is 2.30. The first-order valence-corrected chi connectivity index (χ1v) is 11.6. The fraction of sp³-hybridized carbons (Fsp3) is 0.760. The molecule has 152 valence electrons. The Morgan fingerprint density at radius 1 is 0.741 bits per heavy atom. The lowest BCUT2D eigenvalue weighted by atomic mass is 9.68. The Morgan fingerprint density at radius 2 is 1.33 bits per heavy atom. The van der Waals surface area contributed by atoms with Gasteiger partial charge in [0.2, 0.25) is 0 Å². The van der Waals surface area contributed by atoms with E-state index in [4.69, 9.17) is 0 Å². The highest BCUT2D eigenvalue weighted by Crippen LogP contribution is 2.43. The van der Waals surface area contributed by atoms with E-state index in [-0.39, 0.29) is 0 Å². The van der Waals surface area contributed by atoms with Crippen LogP contribution in [0.4, 0.5) is 8.78 Å². The topological polar surface area (TPSA) is 0 Å². The number of hydrogen-bond donors (Lipinski definition) is 0. The molecule has 1 aromatic carbocycles. The van der Waals surface area contributed by atoms with Crippen LogP contribution < -0.4 is 0 Å². The number of benzene rings is 1. The summed E-state index contributed by atoms with van der Waals surface area (Å²) in [6, 6.07) is 4.38. The van der Waals surface area contributed by atoms with Crippen LogP contribution in [-0.4, -0.2) is 0 Å². The molecule has 2 heteroatoms. The van der Waals surface area contributed by atoms with E-state index in [2.05, 4.69) is 6.92 Å². The maximum atomic E-state index is 13.3. The summed E-state index contributed by atoms with van der Waals surface area (Å²) in [5.41, 5.74) is 0.942. The molecule has 27 heavy (non-hydrogen) atoms. The number of hydrogen-bond acceptors (Lipinski definition) is 0. The molecule has 0 nitrogen and oxygen atoms in total. The molecular formula is C25H38F2. The van der Waals surface area contributed by atoms with E-state index in [0.717, 1.165) is 42.1 Å². The van der Waals surface area contributed by atoms with Gasteiger partial charge in [0.25, 0.3) is 0 Å². The predicted octanol–water partition coefficient (Wildman–Crippen LogP) is 8.09. The van der Waals surface area contributed by atoms with Crippen LogP contribution in [0.15, 0.2) is 18.2 Å². The largest absolute Gasteiger partial charge is 0.204 e. The van der Waals surface area contributed by atoms with Crippen molar-refractivity contribution in [3.8, 4) is 0 Å². The van der Waals surface area contributed by atoms with Gasteiger partial charge in [0.1, 0.15) is 0 Å². The molecule has 2 saturated carbocycles. The minimum atomic E-state index is -0.737. The Labute approximate surface area is 165 Å². The molecule has 0 heterocycles. The molecule has 0 bridgehead atoms. The van der Waals surface area contributed by atoms with Crippen molar-refractivity contribution in [1.82, 2.24) is 0 Å². The molecule has 0 N–H and O–H groups in total. The van der Waals surface area contributed by atoms with E-state index in [1.54, 1.807) is 6.07 Å². The zero-order chi connectivity index (χ0) is 19.1. The molecule has 3 rings (SSSR count). The number of rotatable bonds is 8. The summed E-state index contributed by atoms with van der Waals surface area (Å²) in [7, 11) is 0. The average Bonchev–Trinajstić information content (AvgIpc) is 2.70. The first-order valence-electron chi connectivity index (χ1n) is 11.6. The molecule has 2 aliphatic carbocycles. The summed E-state index contributed by atoms with van der Waals surface area (Å²) in [6.07, 6.45) is 19.0. The third-order valence-corrected chi connectivity index (χ3v) is 7.49. The van der Waals surface area contributed by atoms with Crippen LogP contribution in [0.2, 0.25) is 0 Å². The first-order chi connectivity index (χ1) is 13.2. The van der Waals surface area contributed by atoms with Crippen LogP contribution in [0.1, 0.15) is 96.0 Å². The van der Waals surface area contributed by atoms with Gasteiger partial charge in [0, 0.05) is 0 Å². The third kappa shape index (κ3) is 6.29. The van der Waals surface area contributed by atoms with Crippen molar-refractivity contribution < 1.29 is 8.78 Å². The molecule has 0 spiro atoms. The monoisotopic (exact) mass is 376 g/mol. The van der Waals surface area contributed by atoms with E-state index in [1.165, 1.54) is 89.2 Å². The van der Waals surface area contributed by atoms with Gasteiger partial charge in [0.15, 0.2) is 11.6 Å². The fourth-order valence-corrected chi connectivity index (χ4v) is 5.65. The zero-order valence-electron chi connectivity index (χ0n) is 17.2. The van der Waals surface area contributed by atoms with E-state index in [0.29, 0.717) is 0 Å². The third-order valence-electron chi connectivity index (χ3n) is 7.49. The fourth-order valence-electron chi connectivity index (χ4n) is 5.65. The SMILES string of the molecule is CCCCC[C@H]1CC[C@H]([C@H]2CC[C@H](CCc3ccc(F)c(F)c3)CC2)CC1. The molecule has 0 aliphatic heterocycles. The van der Waals surface area contributed by atoms with E-state index < -0.39 is 11.6 Å². The van der Waals surface area contributed by atoms with E-state index in [1.807, 2.05) is 0 Å². The molecule has 1 aromatic rings. The Kier molecular flexibility index (Phi) is 8.15. The molecular weight excluding hydrogens is 338 g/mol. The van der Waals surface area contributed by atoms with Crippen molar-refractivity contribution in [3.63, 3.8) is 0 Å². The molecule has 0 unspecified atom stereocenters. The highest BCUT2D eigenvalue weighted by molar-refractivity contribution is 5.17. The summed E-state index contributed by atoms with van der Waals surface area (Å²) in [5, 5.41) is 0. The lowest BCUT2D eigenvalue weighted by Crippen LogP contribution is -2.26. The van der Waals surface area contributed by atoms with Crippen molar-refractivity contribution in [2.24, 2.45) is 23.7 Å². The quantitative estimate of drug-likeness (QED) is 0.402. The second kappa shape index (κ2) is 10.6. The van der Waals surface area contributed by atoms with Crippen LogP contribution >= 0.6 is 0 Å². The smallest absolute Gasteiger partial charge is 0.159 e.